The molecule has 5 nitrogen and oxygen atoms in total. The van der Waals surface area contributed by atoms with E-state index in [2.05, 4.69) is 5.32 Å². The van der Waals surface area contributed by atoms with Crippen molar-refractivity contribution in [2.75, 3.05) is 5.32 Å². The van der Waals surface area contributed by atoms with Gasteiger partial charge in [0.1, 0.15) is 17.7 Å². The Morgan fingerprint density at radius 2 is 2.06 bits per heavy atom. The maximum atomic E-state index is 10.9. The van der Waals surface area contributed by atoms with E-state index in [0.717, 1.165) is 6.20 Å². The quantitative estimate of drug-likeness (QED) is 0.799. The number of hydrogen-bond donors (Lipinski definition) is 2. The monoisotopic (exact) mass is 247 g/mol. The van der Waals surface area contributed by atoms with Crippen LogP contribution in [0.1, 0.15) is 10.4 Å². The van der Waals surface area contributed by atoms with Crippen LogP contribution in [0.3, 0.4) is 0 Å². The molecular weight excluding hydrogens is 242 g/mol. The molecule has 0 aromatic heterocycles. The summed E-state index contributed by atoms with van der Waals surface area (Å²) < 4.78 is 0. The van der Waals surface area contributed by atoms with Crippen molar-refractivity contribution in [3.63, 3.8) is 0 Å². The van der Waals surface area contributed by atoms with E-state index < -0.39 is 5.97 Å². The lowest BCUT2D eigenvalue weighted by Crippen LogP contribution is -2.02. The summed E-state index contributed by atoms with van der Waals surface area (Å²) in [5.41, 5.74) is 0.0511. The highest BCUT2D eigenvalue weighted by atomic mass is 35.5. The average molecular weight is 248 g/mol. The van der Waals surface area contributed by atoms with Gasteiger partial charge >= 0.3 is 5.97 Å². The van der Waals surface area contributed by atoms with Gasteiger partial charge in [-0.05, 0) is 18.2 Å². The fourth-order valence-electron chi connectivity index (χ4n) is 1.06. The first-order valence-electron chi connectivity index (χ1n) is 4.38. The van der Waals surface area contributed by atoms with E-state index in [0.29, 0.717) is 5.02 Å². The topological polar surface area (TPSA) is 96.9 Å². The molecule has 0 saturated carbocycles. The second-order valence-corrected chi connectivity index (χ2v) is 3.36. The van der Waals surface area contributed by atoms with Crippen molar-refractivity contribution in [2.24, 2.45) is 0 Å². The standard InChI is InChI=1S/C11H6ClN3O2/c12-8-1-2-9(11(16)17)10(3-8)15-6-7(4-13)5-14/h1-3,6,15H,(H,16,17). The molecule has 1 aromatic carbocycles. The van der Waals surface area contributed by atoms with Crippen LogP contribution in [0.15, 0.2) is 30.0 Å². The number of nitriles is 2. The number of benzene rings is 1. The molecule has 1 rings (SSSR count). The van der Waals surface area contributed by atoms with Crippen molar-refractivity contribution in [3.05, 3.63) is 40.6 Å². The van der Waals surface area contributed by atoms with E-state index in [1.165, 1.54) is 18.2 Å². The molecule has 0 aliphatic carbocycles. The molecule has 0 aliphatic heterocycles. The van der Waals surface area contributed by atoms with E-state index in [9.17, 15) is 4.79 Å². The Morgan fingerprint density at radius 1 is 1.41 bits per heavy atom. The van der Waals surface area contributed by atoms with Gasteiger partial charge in [0, 0.05) is 11.2 Å². The number of nitrogens with zero attached hydrogens (tertiary/aromatic N) is 2. The second-order valence-electron chi connectivity index (χ2n) is 2.92. The van der Waals surface area contributed by atoms with Gasteiger partial charge in [-0.25, -0.2) is 4.79 Å². The molecule has 0 unspecified atom stereocenters. The van der Waals surface area contributed by atoms with Crippen LogP contribution < -0.4 is 5.32 Å². The number of carboxylic acid groups (broad SMARTS) is 1. The number of anilines is 1. The summed E-state index contributed by atoms with van der Waals surface area (Å²) in [5.74, 6) is -1.13. The fourth-order valence-corrected chi connectivity index (χ4v) is 1.23. The third kappa shape index (κ3) is 3.23. The first-order chi connectivity index (χ1) is 8.08. The van der Waals surface area contributed by atoms with Gasteiger partial charge in [-0.1, -0.05) is 11.6 Å². The summed E-state index contributed by atoms with van der Waals surface area (Å²) in [6.45, 7) is 0. The Labute approximate surface area is 102 Å². The van der Waals surface area contributed by atoms with Gasteiger partial charge in [-0.2, -0.15) is 10.5 Å². The van der Waals surface area contributed by atoms with Gasteiger partial charge in [0.2, 0.25) is 0 Å². The first kappa shape index (κ1) is 12.6. The normalized spacial score (nSPS) is 8.65. The van der Waals surface area contributed by atoms with E-state index >= 15 is 0 Å². The number of hydrogen-bond acceptors (Lipinski definition) is 4. The lowest BCUT2D eigenvalue weighted by molar-refractivity contribution is 0.0698. The molecule has 1 aromatic rings. The minimum absolute atomic E-state index is 0.000814. The highest BCUT2D eigenvalue weighted by molar-refractivity contribution is 6.31. The predicted octanol–water partition coefficient (Wildman–Crippen LogP) is 2.38. The van der Waals surface area contributed by atoms with Crippen LogP contribution in [-0.2, 0) is 0 Å². The number of carboxylic acids is 1. The number of allylic oxidation sites excluding steroid dienone is 1. The molecule has 0 fully saturated rings. The summed E-state index contributed by atoms with van der Waals surface area (Å²) in [5, 5.41) is 28.8. The molecule has 0 bridgehead atoms. The third-order valence-electron chi connectivity index (χ3n) is 1.82. The van der Waals surface area contributed by atoms with Gasteiger partial charge in [0.15, 0.2) is 0 Å². The molecular formula is C11H6ClN3O2. The smallest absolute Gasteiger partial charge is 0.337 e. The SMILES string of the molecule is N#CC(C#N)=CNc1cc(Cl)ccc1C(=O)O. The minimum atomic E-state index is -1.13. The van der Waals surface area contributed by atoms with Crippen LogP contribution in [0.5, 0.6) is 0 Å². The molecule has 0 amide bonds. The molecule has 0 atom stereocenters. The van der Waals surface area contributed by atoms with Crippen molar-refractivity contribution >= 4 is 23.3 Å². The van der Waals surface area contributed by atoms with Crippen LogP contribution in [0.25, 0.3) is 0 Å². The second kappa shape index (κ2) is 5.55. The van der Waals surface area contributed by atoms with Crippen molar-refractivity contribution in [3.8, 4) is 12.1 Å². The lowest BCUT2D eigenvalue weighted by Gasteiger charge is -2.05. The Hall–Kier alpha value is -2.50. The lowest BCUT2D eigenvalue weighted by atomic mass is 10.2. The van der Waals surface area contributed by atoms with Gasteiger partial charge in [-0.3, -0.25) is 0 Å². The molecule has 84 valence electrons. The van der Waals surface area contributed by atoms with Gasteiger partial charge in [0.25, 0.3) is 0 Å². The van der Waals surface area contributed by atoms with E-state index in [1.54, 1.807) is 12.1 Å². The van der Waals surface area contributed by atoms with Crippen LogP contribution in [-0.4, -0.2) is 11.1 Å². The number of halogens is 1. The molecule has 2 N–H and O–H groups in total. The van der Waals surface area contributed by atoms with Crippen LogP contribution >= 0.6 is 11.6 Å². The summed E-state index contributed by atoms with van der Waals surface area (Å²) in [4.78, 5) is 10.9. The summed E-state index contributed by atoms with van der Waals surface area (Å²) in [6.07, 6.45) is 1.12. The Kier molecular flexibility index (Phi) is 4.10. The number of rotatable bonds is 3. The van der Waals surface area contributed by atoms with Crippen molar-refractivity contribution < 1.29 is 9.90 Å². The van der Waals surface area contributed by atoms with Gasteiger partial charge in [-0.15, -0.1) is 0 Å². The highest BCUT2D eigenvalue weighted by Gasteiger charge is 2.09. The first-order valence-corrected chi connectivity index (χ1v) is 4.76. The average Bonchev–Trinajstić information content (AvgIpc) is 2.30. The van der Waals surface area contributed by atoms with Crippen molar-refractivity contribution in [1.82, 2.24) is 0 Å². The molecule has 0 saturated heterocycles. The zero-order chi connectivity index (χ0) is 12.8. The van der Waals surface area contributed by atoms with Crippen LogP contribution in [0.2, 0.25) is 5.02 Å². The molecule has 6 heteroatoms. The zero-order valence-corrected chi connectivity index (χ0v) is 9.19. The summed E-state index contributed by atoms with van der Waals surface area (Å²) in [6, 6.07) is 7.45. The maximum Gasteiger partial charge on any atom is 0.337 e. The van der Waals surface area contributed by atoms with Crippen LogP contribution in [0, 0.1) is 22.7 Å². The van der Waals surface area contributed by atoms with E-state index in [4.69, 9.17) is 27.2 Å². The molecule has 17 heavy (non-hydrogen) atoms. The van der Waals surface area contributed by atoms with Crippen LogP contribution in [0.4, 0.5) is 5.69 Å². The number of carbonyl (C=O) groups is 1. The highest BCUT2D eigenvalue weighted by Crippen LogP contribution is 2.21. The molecule has 0 radical (unpaired) electrons. The third-order valence-corrected chi connectivity index (χ3v) is 2.06. The zero-order valence-electron chi connectivity index (χ0n) is 8.44. The molecule has 0 heterocycles. The molecule has 0 aliphatic rings. The van der Waals surface area contributed by atoms with Crippen molar-refractivity contribution in [2.45, 2.75) is 0 Å². The van der Waals surface area contributed by atoms with Gasteiger partial charge < -0.3 is 10.4 Å². The van der Waals surface area contributed by atoms with Crippen molar-refractivity contribution in [1.29, 1.82) is 10.5 Å². The fraction of sp³-hybridized carbons (Fsp3) is 0. The Morgan fingerprint density at radius 3 is 2.59 bits per heavy atom. The predicted molar refractivity (Wildman–Crippen MR) is 61.3 cm³/mol. The number of aromatic carboxylic acids is 1. The summed E-state index contributed by atoms with van der Waals surface area (Å²) in [7, 11) is 0. The largest absolute Gasteiger partial charge is 0.478 e. The number of nitrogens with one attached hydrogen (secondary N) is 1. The maximum absolute atomic E-state index is 10.9. The molecule has 0 spiro atoms. The summed E-state index contributed by atoms with van der Waals surface area (Å²) >= 11 is 5.72. The Bertz CT molecular complexity index is 551. The van der Waals surface area contributed by atoms with Gasteiger partial charge in [0.05, 0.1) is 11.3 Å². The minimum Gasteiger partial charge on any atom is -0.478 e. The van der Waals surface area contributed by atoms with E-state index in [-0.39, 0.29) is 16.8 Å². The Balaban J connectivity index is 3.11. The van der Waals surface area contributed by atoms with E-state index in [1.807, 2.05) is 0 Å².